The predicted octanol–water partition coefficient (Wildman–Crippen LogP) is 1.20. The number of hydrogen-bond donors (Lipinski definition) is 2. The van der Waals surface area contributed by atoms with E-state index in [1.807, 2.05) is 6.92 Å². The van der Waals surface area contributed by atoms with Gasteiger partial charge in [-0.2, -0.15) is 0 Å². The van der Waals surface area contributed by atoms with Crippen molar-refractivity contribution < 1.29 is 8.42 Å². The SMILES string of the molecule is CCNc1ccc(S(=O)(=O)NC(C)C)cn1. The maximum atomic E-state index is 11.7. The van der Waals surface area contributed by atoms with Gasteiger partial charge in [0.1, 0.15) is 10.7 Å². The van der Waals surface area contributed by atoms with Crippen LogP contribution in [0.5, 0.6) is 0 Å². The van der Waals surface area contributed by atoms with E-state index in [0.717, 1.165) is 6.54 Å². The fraction of sp³-hybridized carbons (Fsp3) is 0.500. The lowest BCUT2D eigenvalue weighted by atomic mass is 10.4. The van der Waals surface area contributed by atoms with Crippen molar-refractivity contribution in [1.29, 1.82) is 0 Å². The summed E-state index contributed by atoms with van der Waals surface area (Å²) in [5.41, 5.74) is 0. The Hall–Kier alpha value is -1.14. The van der Waals surface area contributed by atoms with Crippen LogP contribution in [0.3, 0.4) is 0 Å². The fourth-order valence-electron chi connectivity index (χ4n) is 1.20. The monoisotopic (exact) mass is 243 g/mol. The fourth-order valence-corrected chi connectivity index (χ4v) is 2.40. The van der Waals surface area contributed by atoms with Gasteiger partial charge in [-0.1, -0.05) is 0 Å². The number of hydrogen-bond acceptors (Lipinski definition) is 4. The molecule has 1 heterocycles. The maximum Gasteiger partial charge on any atom is 0.242 e. The van der Waals surface area contributed by atoms with Gasteiger partial charge in [-0.05, 0) is 32.9 Å². The van der Waals surface area contributed by atoms with Gasteiger partial charge in [-0.15, -0.1) is 0 Å². The molecule has 0 radical (unpaired) electrons. The molecule has 0 aliphatic carbocycles. The van der Waals surface area contributed by atoms with Crippen molar-refractivity contribution >= 4 is 15.8 Å². The molecule has 0 aliphatic rings. The van der Waals surface area contributed by atoms with Crippen LogP contribution in [0.25, 0.3) is 0 Å². The molecule has 90 valence electrons. The first kappa shape index (κ1) is 12.9. The van der Waals surface area contributed by atoms with Crippen LogP contribution >= 0.6 is 0 Å². The van der Waals surface area contributed by atoms with Crippen molar-refractivity contribution in [2.24, 2.45) is 0 Å². The van der Waals surface area contributed by atoms with Crippen LogP contribution in [0.1, 0.15) is 20.8 Å². The molecule has 0 unspecified atom stereocenters. The maximum absolute atomic E-state index is 11.7. The Labute approximate surface area is 96.3 Å². The molecule has 2 N–H and O–H groups in total. The van der Waals surface area contributed by atoms with E-state index in [0.29, 0.717) is 5.82 Å². The van der Waals surface area contributed by atoms with E-state index in [2.05, 4.69) is 15.0 Å². The molecule has 6 heteroatoms. The smallest absolute Gasteiger partial charge is 0.242 e. The van der Waals surface area contributed by atoms with E-state index in [1.54, 1.807) is 19.9 Å². The summed E-state index contributed by atoms with van der Waals surface area (Å²) in [5.74, 6) is 0.672. The van der Waals surface area contributed by atoms with E-state index in [-0.39, 0.29) is 10.9 Å². The second-order valence-electron chi connectivity index (χ2n) is 3.69. The lowest BCUT2D eigenvalue weighted by molar-refractivity contribution is 0.569. The van der Waals surface area contributed by atoms with E-state index in [9.17, 15) is 8.42 Å². The van der Waals surface area contributed by atoms with Crippen LogP contribution in [-0.4, -0.2) is 26.0 Å². The zero-order valence-electron chi connectivity index (χ0n) is 9.69. The molecule has 0 aromatic carbocycles. The van der Waals surface area contributed by atoms with E-state index in [1.165, 1.54) is 12.3 Å². The Kier molecular flexibility index (Phi) is 4.26. The highest BCUT2D eigenvalue weighted by atomic mass is 32.2. The molecule has 1 aromatic rings. The molecule has 1 rings (SSSR count). The van der Waals surface area contributed by atoms with Crippen molar-refractivity contribution in [2.75, 3.05) is 11.9 Å². The van der Waals surface area contributed by atoms with E-state index >= 15 is 0 Å². The van der Waals surface area contributed by atoms with Gasteiger partial charge in [-0.3, -0.25) is 0 Å². The molecule has 0 spiro atoms. The molecule has 0 aliphatic heterocycles. The van der Waals surface area contributed by atoms with Crippen molar-refractivity contribution in [3.05, 3.63) is 18.3 Å². The molecule has 0 atom stereocenters. The summed E-state index contributed by atoms with van der Waals surface area (Å²) in [7, 11) is -3.43. The van der Waals surface area contributed by atoms with Crippen LogP contribution < -0.4 is 10.0 Å². The zero-order chi connectivity index (χ0) is 12.2. The van der Waals surface area contributed by atoms with E-state index < -0.39 is 10.0 Å². The van der Waals surface area contributed by atoms with Gasteiger partial charge >= 0.3 is 0 Å². The molecule has 1 aromatic heterocycles. The molecule has 0 amide bonds. The summed E-state index contributed by atoms with van der Waals surface area (Å²) in [6.07, 6.45) is 1.35. The van der Waals surface area contributed by atoms with Gasteiger partial charge in [0.15, 0.2) is 0 Å². The molecular weight excluding hydrogens is 226 g/mol. The highest BCUT2D eigenvalue weighted by Gasteiger charge is 2.15. The molecular formula is C10H17N3O2S. The number of rotatable bonds is 5. The van der Waals surface area contributed by atoms with Crippen LogP contribution in [0, 0.1) is 0 Å². The minimum atomic E-state index is -3.43. The quantitative estimate of drug-likeness (QED) is 0.815. The highest BCUT2D eigenvalue weighted by Crippen LogP contribution is 2.10. The Morgan fingerprint density at radius 1 is 1.38 bits per heavy atom. The number of nitrogens with zero attached hydrogens (tertiary/aromatic N) is 1. The molecule has 0 bridgehead atoms. The topological polar surface area (TPSA) is 71.1 Å². The summed E-state index contributed by atoms with van der Waals surface area (Å²) < 4.78 is 26.0. The standard InChI is InChI=1S/C10H17N3O2S/c1-4-11-10-6-5-9(7-12-10)16(14,15)13-8(2)3/h5-8,13H,4H2,1-3H3,(H,11,12). The lowest BCUT2D eigenvalue weighted by Gasteiger charge is -2.09. The third kappa shape index (κ3) is 3.46. The average molecular weight is 243 g/mol. The number of aromatic nitrogens is 1. The molecule has 5 nitrogen and oxygen atoms in total. The second-order valence-corrected chi connectivity index (χ2v) is 5.40. The van der Waals surface area contributed by atoms with Crippen molar-refractivity contribution in [2.45, 2.75) is 31.7 Å². The van der Waals surface area contributed by atoms with Crippen LogP contribution in [0.4, 0.5) is 5.82 Å². The predicted molar refractivity (Wildman–Crippen MR) is 63.9 cm³/mol. The average Bonchev–Trinajstić information content (AvgIpc) is 2.17. The molecule has 0 saturated carbocycles. The normalized spacial score (nSPS) is 11.8. The Bertz CT molecular complexity index is 426. The second kappa shape index (κ2) is 5.27. The number of pyridine rings is 1. The highest BCUT2D eigenvalue weighted by molar-refractivity contribution is 7.89. The number of sulfonamides is 1. The van der Waals surface area contributed by atoms with Gasteiger partial charge in [-0.25, -0.2) is 18.1 Å². The van der Waals surface area contributed by atoms with E-state index in [4.69, 9.17) is 0 Å². The van der Waals surface area contributed by atoms with Gasteiger partial charge in [0.25, 0.3) is 0 Å². The molecule has 0 saturated heterocycles. The summed E-state index contributed by atoms with van der Waals surface area (Å²) in [4.78, 5) is 4.19. The van der Waals surface area contributed by atoms with Gasteiger partial charge in [0.05, 0.1) is 0 Å². The first-order valence-corrected chi connectivity index (χ1v) is 6.66. The minimum absolute atomic E-state index is 0.126. The van der Waals surface area contributed by atoms with Crippen LogP contribution in [0.15, 0.2) is 23.2 Å². The number of anilines is 1. The molecule has 16 heavy (non-hydrogen) atoms. The summed E-state index contributed by atoms with van der Waals surface area (Å²) in [5, 5.41) is 3.00. The third-order valence-corrected chi connectivity index (χ3v) is 3.44. The molecule has 0 fully saturated rings. The Morgan fingerprint density at radius 3 is 2.50 bits per heavy atom. The van der Waals surface area contributed by atoms with Gasteiger partial charge in [0.2, 0.25) is 10.0 Å². The summed E-state index contributed by atoms with van der Waals surface area (Å²) >= 11 is 0. The first-order valence-electron chi connectivity index (χ1n) is 5.18. The summed E-state index contributed by atoms with van der Waals surface area (Å²) in [6.45, 7) is 6.26. The third-order valence-electron chi connectivity index (χ3n) is 1.80. The van der Waals surface area contributed by atoms with Gasteiger partial charge in [0, 0.05) is 18.8 Å². The number of nitrogens with one attached hydrogen (secondary N) is 2. The van der Waals surface area contributed by atoms with Crippen molar-refractivity contribution in [3.8, 4) is 0 Å². The van der Waals surface area contributed by atoms with Crippen LogP contribution in [0.2, 0.25) is 0 Å². The Morgan fingerprint density at radius 2 is 2.06 bits per heavy atom. The zero-order valence-corrected chi connectivity index (χ0v) is 10.5. The van der Waals surface area contributed by atoms with Gasteiger partial charge < -0.3 is 5.32 Å². The minimum Gasteiger partial charge on any atom is -0.370 e. The van der Waals surface area contributed by atoms with Crippen LogP contribution in [-0.2, 0) is 10.0 Å². The summed E-state index contributed by atoms with van der Waals surface area (Å²) in [6, 6.07) is 3.06. The first-order chi connectivity index (χ1) is 7.45. The van der Waals surface area contributed by atoms with Crippen molar-refractivity contribution in [1.82, 2.24) is 9.71 Å². The van der Waals surface area contributed by atoms with Crippen molar-refractivity contribution in [3.63, 3.8) is 0 Å². The Balaban J connectivity index is 2.89. The largest absolute Gasteiger partial charge is 0.370 e. The lowest BCUT2D eigenvalue weighted by Crippen LogP contribution is -2.30.